The SMILES string of the molecule is CCC(C)(P)C(C)(P)C(C)(P)C(C)(P)C(P)(CC)C(C)(P)C(C)(C)P. The van der Waals surface area contributed by atoms with E-state index in [-0.39, 0.29) is 36.1 Å². The fourth-order valence-electron chi connectivity index (χ4n) is 3.81. The molecule has 0 aliphatic carbocycles. The van der Waals surface area contributed by atoms with E-state index in [1.54, 1.807) is 0 Å². The summed E-state index contributed by atoms with van der Waals surface area (Å²) in [6.45, 7) is 21.3. The first-order valence-electron chi connectivity index (χ1n) is 9.14. The maximum Gasteiger partial charge on any atom is 0.00396 e. The molecule has 0 nitrogen and oxygen atoms in total. The third-order valence-electron chi connectivity index (χ3n) is 7.83. The molecule has 0 fully saturated rings. The summed E-state index contributed by atoms with van der Waals surface area (Å²) < 4.78 is 0. The third kappa shape index (κ3) is 4.26. The fourth-order valence-corrected chi connectivity index (χ4v) is 8.27. The number of hydrogen-bond acceptors (Lipinski definition) is 0. The Kier molecular flexibility index (Phi) is 9.26. The van der Waals surface area contributed by atoms with E-state index in [4.69, 9.17) is 0 Å². The summed E-state index contributed by atoms with van der Waals surface area (Å²) in [6, 6.07) is 0. The second-order valence-electron chi connectivity index (χ2n) is 9.63. The van der Waals surface area contributed by atoms with Crippen LogP contribution in [0.1, 0.15) is 75.2 Å². The largest absolute Gasteiger partial charge is 0.131 e. The predicted octanol–water partition coefficient (Wildman–Crippen LogP) is 6.24. The van der Waals surface area contributed by atoms with Crippen molar-refractivity contribution >= 4 is 64.7 Å². The van der Waals surface area contributed by atoms with E-state index in [0.717, 1.165) is 12.8 Å². The second-order valence-corrected chi connectivity index (χ2v) is 17.9. The zero-order valence-corrected chi connectivity index (χ0v) is 26.0. The molecule has 13 atom stereocenters. The minimum Gasteiger partial charge on any atom is -0.131 e. The van der Waals surface area contributed by atoms with E-state index >= 15 is 0 Å². The Morgan fingerprint density at radius 2 is 0.840 bits per heavy atom. The summed E-state index contributed by atoms with van der Waals surface area (Å²) in [5.41, 5.74) is 0. The van der Waals surface area contributed by atoms with Gasteiger partial charge >= 0.3 is 0 Å². The summed E-state index contributed by atoms with van der Waals surface area (Å²) in [7, 11) is 22.4. The maximum absolute atomic E-state index is 3.29. The van der Waals surface area contributed by atoms with Gasteiger partial charge in [-0.05, 0) is 23.2 Å². The van der Waals surface area contributed by atoms with Crippen LogP contribution in [0.15, 0.2) is 0 Å². The van der Waals surface area contributed by atoms with Crippen molar-refractivity contribution in [2.75, 3.05) is 0 Å². The highest BCUT2D eigenvalue weighted by Crippen LogP contribution is 2.67. The van der Waals surface area contributed by atoms with Gasteiger partial charge in [-0.3, -0.25) is 0 Å². The first-order chi connectivity index (χ1) is 10.6. The van der Waals surface area contributed by atoms with E-state index < -0.39 is 0 Å². The summed E-state index contributed by atoms with van der Waals surface area (Å²) in [6.07, 6.45) is 2.20. The van der Waals surface area contributed by atoms with Crippen molar-refractivity contribution < 1.29 is 0 Å². The zero-order valence-electron chi connectivity index (χ0n) is 18.0. The van der Waals surface area contributed by atoms with E-state index in [0.29, 0.717) is 0 Å². The standard InChI is InChI=1S/C18H45P7/c1-10-13(5,20)15(7,22)16(8,23)17(9,24)18(25,11-2)14(6,21)12(3,4)19/h10-11,19-25H2,1-9H3. The molecule has 0 aromatic heterocycles. The van der Waals surface area contributed by atoms with Gasteiger partial charge in [0.15, 0.2) is 0 Å². The van der Waals surface area contributed by atoms with Crippen molar-refractivity contribution in [2.45, 2.75) is 111 Å². The summed E-state index contributed by atoms with van der Waals surface area (Å²) >= 11 is 0. The normalized spacial score (nSPS) is 27.8. The predicted molar refractivity (Wildman–Crippen MR) is 147 cm³/mol. The van der Waals surface area contributed by atoms with Gasteiger partial charge in [-0.25, -0.2) is 0 Å². The summed E-state index contributed by atoms with van der Waals surface area (Å²) in [5, 5.41) is 0.167. The minimum atomic E-state index is -0.0437. The Morgan fingerprint density at radius 1 is 0.480 bits per heavy atom. The van der Waals surface area contributed by atoms with Gasteiger partial charge in [0.05, 0.1) is 0 Å². The molecule has 0 bridgehead atoms. The van der Waals surface area contributed by atoms with Gasteiger partial charge in [-0.1, -0.05) is 62.3 Å². The molecule has 25 heavy (non-hydrogen) atoms. The molecule has 0 saturated carbocycles. The summed E-state index contributed by atoms with van der Waals surface area (Å²) in [5.74, 6) is 0. The molecule has 0 heterocycles. The van der Waals surface area contributed by atoms with Crippen molar-refractivity contribution in [1.82, 2.24) is 0 Å². The van der Waals surface area contributed by atoms with Gasteiger partial charge < -0.3 is 0 Å². The van der Waals surface area contributed by atoms with Crippen LogP contribution < -0.4 is 0 Å². The molecule has 0 aromatic carbocycles. The van der Waals surface area contributed by atoms with Crippen LogP contribution in [0.4, 0.5) is 0 Å². The minimum absolute atomic E-state index is 0.00337. The third-order valence-corrected chi connectivity index (χ3v) is 17.9. The number of hydrogen-bond donors (Lipinski definition) is 0. The zero-order chi connectivity index (χ0) is 20.9. The Bertz CT molecular complexity index is 472. The lowest BCUT2D eigenvalue weighted by atomic mass is 9.63. The quantitative estimate of drug-likeness (QED) is 0.362. The van der Waals surface area contributed by atoms with E-state index in [9.17, 15) is 0 Å². The average Bonchev–Trinajstić information content (AvgIpc) is 2.43. The van der Waals surface area contributed by atoms with E-state index in [2.05, 4.69) is 127 Å². The van der Waals surface area contributed by atoms with E-state index in [1.807, 2.05) is 0 Å². The monoisotopic (exact) mass is 478 g/mol. The van der Waals surface area contributed by atoms with Gasteiger partial charge in [-0.15, -0.1) is 64.7 Å². The molecule has 13 unspecified atom stereocenters. The molecule has 0 spiro atoms. The molecule has 0 aromatic rings. The lowest BCUT2D eigenvalue weighted by Gasteiger charge is -2.67. The highest BCUT2D eigenvalue weighted by Gasteiger charge is 2.65. The van der Waals surface area contributed by atoms with Crippen molar-refractivity contribution in [1.29, 1.82) is 0 Å². The highest BCUT2D eigenvalue weighted by molar-refractivity contribution is 7.33. The first-order valence-corrected chi connectivity index (χ1v) is 13.2. The van der Waals surface area contributed by atoms with Crippen molar-refractivity contribution in [3.05, 3.63) is 0 Å². The molecule has 0 aliphatic heterocycles. The van der Waals surface area contributed by atoms with E-state index in [1.165, 1.54) is 0 Å². The van der Waals surface area contributed by atoms with Gasteiger partial charge in [-0.2, -0.15) is 0 Å². The molecule has 0 rings (SSSR count). The van der Waals surface area contributed by atoms with Crippen LogP contribution in [-0.2, 0) is 0 Å². The van der Waals surface area contributed by atoms with Gasteiger partial charge in [0, 0.05) is 25.8 Å². The topological polar surface area (TPSA) is 0 Å². The van der Waals surface area contributed by atoms with Gasteiger partial charge in [0.25, 0.3) is 0 Å². The van der Waals surface area contributed by atoms with Crippen LogP contribution in [0.2, 0.25) is 0 Å². The van der Waals surface area contributed by atoms with Gasteiger partial charge in [0.2, 0.25) is 0 Å². The summed E-state index contributed by atoms with van der Waals surface area (Å²) in [4.78, 5) is 0. The smallest absolute Gasteiger partial charge is 0.00396 e. The Labute approximate surface area is 175 Å². The first kappa shape index (κ1) is 28.0. The average molecular weight is 478 g/mol. The molecule has 152 valence electrons. The van der Waals surface area contributed by atoms with Crippen molar-refractivity contribution in [3.63, 3.8) is 0 Å². The Balaban J connectivity index is 6.61. The lowest BCUT2D eigenvalue weighted by Crippen LogP contribution is -2.72. The molecule has 0 aliphatic rings. The van der Waals surface area contributed by atoms with Crippen LogP contribution in [-0.4, -0.2) is 36.1 Å². The maximum atomic E-state index is 3.29. The molecule has 0 saturated heterocycles. The number of rotatable bonds is 8. The van der Waals surface area contributed by atoms with Crippen LogP contribution in [0, 0.1) is 0 Å². The molecule has 0 amide bonds. The van der Waals surface area contributed by atoms with Crippen LogP contribution >= 0.6 is 64.7 Å². The molecule has 0 radical (unpaired) electrons. The van der Waals surface area contributed by atoms with Gasteiger partial charge in [0.1, 0.15) is 0 Å². The van der Waals surface area contributed by atoms with Crippen LogP contribution in [0.25, 0.3) is 0 Å². The van der Waals surface area contributed by atoms with Crippen molar-refractivity contribution in [2.24, 2.45) is 0 Å². The Morgan fingerprint density at radius 3 is 1.08 bits per heavy atom. The van der Waals surface area contributed by atoms with Crippen molar-refractivity contribution in [3.8, 4) is 0 Å². The molecular formula is C18H45P7. The van der Waals surface area contributed by atoms with Crippen LogP contribution in [0.5, 0.6) is 0 Å². The Hall–Kier alpha value is 3.01. The second kappa shape index (κ2) is 8.27. The highest BCUT2D eigenvalue weighted by atomic mass is 31.0. The molecule has 7 heteroatoms. The molecule has 0 N–H and O–H groups in total. The molecular weight excluding hydrogens is 433 g/mol. The lowest BCUT2D eigenvalue weighted by molar-refractivity contribution is 0.226. The fraction of sp³-hybridized carbons (Fsp3) is 1.00. The van der Waals surface area contributed by atoms with Crippen LogP contribution in [0.3, 0.4) is 0 Å².